The standard InChI is InChI=1S/C15H18N2O/c1-10(16-15(18)12-4-5-12)13-6-3-11-7-8-17(2)14(11)9-13/h3,6-10,12H,4-5H2,1-2H3,(H,16,18). The van der Waals surface area contributed by atoms with Crippen molar-refractivity contribution in [2.75, 3.05) is 0 Å². The van der Waals surface area contributed by atoms with Crippen LogP contribution in [0.25, 0.3) is 10.9 Å². The van der Waals surface area contributed by atoms with Crippen LogP contribution in [0.4, 0.5) is 0 Å². The van der Waals surface area contributed by atoms with Crippen molar-refractivity contribution < 1.29 is 4.79 Å². The molecule has 1 aliphatic rings. The third kappa shape index (κ3) is 2.01. The van der Waals surface area contributed by atoms with E-state index >= 15 is 0 Å². The maximum atomic E-state index is 11.8. The summed E-state index contributed by atoms with van der Waals surface area (Å²) in [5.74, 6) is 0.473. The average molecular weight is 242 g/mol. The van der Waals surface area contributed by atoms with Gasteiger partial charge in [-0.1, -0.05) is 12.1 Å². The smallest absolute Gasteiger partial charge is 0.223 e. The van der Waals surface area contributed by atoms with Gasteiger partial charge in [0.25, 0.3) is 0 Å². The number of nitrogens with one attached hydrogen (secondary N) is 1. The zero-order valence-electron chi connectivity index (χ0n) is 10.8. The van der Waals surface area contributed by atoms with E-state index in [4.69, 9.17) is 0 Å². The normalized spacial score (nSPS) is 16.8. The van der Waals surface area contributed by atoms with E-state index in [0.29, 0.717) is 0 Å². The Bertz CT molecular complexity index is 596. The Hall–Kier alpha value is -1.77. The summed E-state index contributed by atoms with van der Waals surface area (Å²) < 4.78 is 2.11. The number of aromatic nitrogens is 1. The maximum absolute atomic E-state index is 11.8. The van der Waals surface area contributed by atoms with Gasteiger partial charge in [0.2, 0.25) is 5.91 Å². The van der Waals surface area contributed by atoms with Gasteiger partial charge in [-0.25, -0.2) is 0 Å². The lowest BCUT2D eigenvalue weighted by Gasteiger charge is -2.14. The molecule has 1 heterocycles. The van der Waals surface area contributed by atoms with Gasteiger partial charge in [0.05, 0.1) is 6.04 Å². The van der Waals surface area contributed by atoms with Crippen LogP contribution in [0.1, 0.15) is 31.4 Å². The average Bonchev–Trinajstić information content (AvgIpc) is 3.15. The molecule has 0 radical (unpaired) electrons. The molecule has 1 fully saturated rings. The molecule has 3 rings (SSSR count). The van der Waals surface area contributed by atoms with E-state index in [1.165, 1.54) is 16.5 Å². The van der Waals surface area contributed by atoms with Crippen LogP contribution in [-0.4, -0.2) is 10.5 Å². The fraction of sp³-hybridized carbons (Fsp3) is 0.400. The summed E-state index contributed by atoms with van der Waals surface area (Å²) in [6.07, 6.45) is 4.16. The summed E-state index contributed by atoms with van der Waals surface area (Å²) >= 11 is 0. The van der Waals surface area contributed by atoms with Crippen molar-refractivity contribution in [3.05, 3.63) is 36.0 Å². The fourth-order valence-corrected chi connectivity index (χ4v) is 2.31. The number of benzene rings is 1. The zero-order valence-corrected chi connectivity index (χ0v) is 10.8. The highest BCUT2D eigenvalue weighted by molar-refractivity contribution is 5.82. The van der Waals surface area contributed by atoms with Crippen molar-refractivity contribution >= 4 is 16.8 Å². The number of nitrogens with zero attached hydrogens (tertiary/aromatic N) is 1. The first-order valence-corrected chi connectivity index (χ1v) is 6.50. The lowest BCUT2D eigenvalue weighted by atomic mass is 10.1. The lowest BCUT2D eigenvalue weighted by molar-refractivity contribution is -0.122. The minimum Gasteiger partial charge on any atom is -0.351 e. The van der Waals surface area contributed by atoms with Crippen molar-refractivity contribution in [3.8, 4) is 0 Å². The zero-order chi connectivity index (χ0) is 12.7. The highest BCUT2D eigenvalue weighted by Crippen LogP contribution is 2.30. The van der Waals surface area contributed by atoms with Gasteiger partial charge in [-0.3, -0.25) is 4.79 Å². The molecule has 1 aromatic carbocycles. The van der Waals surface area contributed by atoms with Gasteiger partial charge >= 0.3 is 0 Å². The number of carbonyl (C=O) groups excluding carboxylic acids is 1. The Morgan fingerprint density at radius 3 is 2.89 bits per heavy atom. The van der Waals surface area contributed by atoms with E-state index in [1.54, 1.807) is 0 Å². The summed E-state index contributed by atoms with van der Waals surface area (Å²) in [5, 5.41) is 4.32. The summed E-state index contributed by atoms with van der Waals surface area (Å²) in [6.45, 7) is 2.05. The van der Waals surface area contributed by atoms with Crippen LogP contribution in [0.2, 0.25) is 0 Å². The Morgan fingerprint density at radius 2 is 2.17 bits per heavy atom. The first-order valence-electron chi connectivity index (χ1n) is 6.50. The summed E-state index contributed by atoms with van der Waals surface area (Å²) in [6, 6.07) is 8.56. The van der Waals surface area contributed by atoms with Crippen LogP contribution >= 0.6 is 0 Å². The highest BCUT2D eigenvalue weighted by Gasteiger charge is 2.30. The largest absolute Gasteiger partial charge is 0.351 e. The number of hydrogen-bond acceptors (Lipinski definition) is 1. The van der Waals surface area contributed by atoms with Gasteiger partial charge in [0.1, 0.15) is 0 Å². The highest BCUT2D eigenvalue weighted by atomic mass is 16.2. The van der Waals surface area contributed by atoms with E-state index in [1.807, 2.05) is 14.0 Å². The predicted molar refractivity (Wildman–Crippen MR) is 72.2 cm³/mol. The fourth-order valence-electron chi connectivity index (χ4n) is 2.31. The minimum atomic E-state index is 0.0809. The van der Waals surface area contributed by atoms with Crippen molar-refractivity contribution in [2.24, 2.45) is 13.0 Å². The van der Waals surface area contributed by atoms with Crippen LogP contribution in [0.5, 0.6) is 0 Å². The van der Waals surface area contributed by atoms with Gasteiger partial charge in [0, 0.05) is 24.7 Å². The van der Waals surface area contributed by atoms with Crippen molar-refractivity contribution in [1.29, 1.82) is 0 Å². The molecular weight excluding hydrogens is 224 g/mol. The number of fused-ring (bicyclic) bond motifs is 1. The van der Waals surface area contributed by atoms with Gasteiger partial charge < -0.3 is 9.88 Å². The molecule has 1 unspecified atom stereocenters. The molecule has 18 heavy (non-hydrogen) atoms. The molecule has 0 spiro atoms. The third-order valence-electron chi connectivity index (χ3n) is 3.72. The lowest BCUT2D eigenvalue weighted by Crippen LogP contribution is -2.27. The Balaban J connectivity index is 1.83. The quantitative estimate of drug-likeness (QED) is 0.882. The number of aryl methyl sites for hydroxylation is 1. The molecule has 2 aromatic rings. The van der Waals surface area contributed by atoms with Crippen LogP contribution in [-0.2, 0) is 11.8 Å². The second-order valence-corrected chi connectivity index (χ2v) is 5.25. The second kappa shape index (κ2) is 4.16. The van der Waals surface area contributed by atoms with Crippen LogP contribution < -0.4 is 5.32 Å². The second-order valence-electron chi connectivity index (χ2n) is 5.25. The first kappa shape index (κ1) is 11.3. The molecule has 1 aromatic heterocycles. The van der Waals surface area contributed by atoms with Crippen molar-refractivity contribution in [1.82, 2.24) is 9.88 Å². The van der Waals surface area contributed by atoms with Gasteiger partial charge in [0.15, 0.2) is 0 Å². The molecule has 1 atom stereocenters. The summed E-state index contributed by atoms with van der Waals surface area (Å²) in [4.78, 5) is 11.8. The molecule has 1 N–H and O–H groups in total. The number of hydrogen-bond donors (Lipinski definition) is 1. The van der Waals surface area contributed by atoms with E-state index in [-0.39, 0.29) is 17.9 Å². The van der Waals surface area contributed by atoms with Gasteiger partial charge in [-0.05, 0) is 42.8 Å². The molecule has 0 saturated heterocycles. The Kier molecular flexibility index (Phi) is 2.62. The van der Waals surface area contributed by atoms with Crippen LogP contribution in [0.3, 0.4) is 0 Å². The van der Waals surface area contributed by atoms with Crippen molar-refractivity contribution in [3.63, 3.8) is 0 Å². The van der Waals surface area contributed by atoms with E-state index in [0.717, 1.165) is 12.8 Å². The number of carbonyl (C=O) groups is 1. The minimum absolute atomic E-state index is 0.0809. The molecule has 1 aliphatic carbocycles. The molecule has 0 bridgehead atoms. The summed E-state index contributed by atoms with van der Waals surface area (Å²) in [7, 11) is 2.04. The number of amides is 1. The van der Waals surface area contributed by atoms with E-state index < -0.39 is 0 Å². The molecular formula is C15H18N2O. The first-order chi connectivity index (χ1) is 8.65. The molecule has 1 saturated carbocycles. The third-order valence-corrected chi connectivity index (χ3v) is 3.72. The molecule has 1 amide bonds. The monoisotopic (exact) mass is 242 g/mol. The van der Waals surface area contributed by atoms with Gasteiger partial charge in [-0.15, -0.1) is 0 Å². The van der Waals surface area contributed by atoms with Crippen LogP contribution in [0.15, 0.2) is 30.5 Å². The van der Waals surface area contributed by atoms with E-state index in [2.05, 4.69) is 40.3 Å². The summed E-state index contributed by atoms with van der Waals surface area (Å²) in [5.41, 5.74) is 2.37. The topological polar surface area (TPSA) is 34.0 Å². The predicted octanol–water partition coefficient (Wildman–Crippen LogP) is 2.77. The maximum Gasteiger partial charge on any atom is 0.223 e. The molecule has 94 valence electrons. The van der Waals surface area contributed by atoms with Crippen LogP contribution in [0, 0.1) is 5.92 Å². The van der Waals surface area contributed by atoms with Gasteiger partial charge in [-0.2, -0.15) is 0 Å². The molecule has 0 aliphatic heterocycles. The molecule has 3 heteroatoms. The van der Waals surface area contributed by atoms with E-state index in [9.17, 15) is 4.79 Å². The Morgan fingerprint density at radius 1 is 1.39 bits per heavy atom. The number of rotatable bonds is 3. The van der Waals surface area contributed by atoms with Crippen molar-refractivity contribution in [2.45, 2.75) is 25.8 Å². The SMILES string of the molecule is CC(NC(=O)C1CC1)c1ccc2ccn(C)c2c1. The molecule has 3 nitrogen and oxygen atoms in total. The Labute approximate surface area is 107 Å².